The van der Waals surface area contributed by atoms with Gasteiger partial charge in [0.25, 0.3) is 0 Å². The molecule has 4 aromatic rings. The lowest BCUT2D eigenvalue weighted by molar-refractivity contribution is -0.137. The molecule has 0 fully saturated rings. The largest absolute Gasteiger partial charge is 0.492 e. The van der Waals surface area contributed by atoms with E-state index in [0.717, 1.165) is 12.1 Å². The molecule has 13 heteroatoms. The molecule has 9 nitrogen and oxygen atoms in total. The number of para-hydroxylation sites is 2. The predicted octanol–water partition coefficient (Wildman–Crippen LogP) is 3.35. The molecule has 0 bridgehead atoms. The van der Waals surface area contributed by atoms with Crippen LogP contribution in [0.25, 0.3) is 11.4 Å². The van der Waals surface area contributed by atoms with Gasteiger partial charge in [-0.1, -0.05) is 23.9 Å². The number of thioether (sulfide) groups is 1. The second-order valence-electron chi connectivity index (χ2n) is 6.11. The average Bonchev–Trinajstić information content (AvgIpc) is 3.42. The molecular formula is C18H15F3N8OS. The van der Waals surface area contributed by atoms with E-state index in [2.05, 4.69) is 31.1 Å². The Morgan fingerprint density at radius 3 is 2.39 bits per heavy atom. The highest BCUT2D eigenvalue weighted by Crippen LogP contribution is 2.30. The van der Waals surface area contributed by atoms with E-state index in [9.17, 15) is 13.2 Å². The molecule has 0 atom stereocenters. The van der Waals surface area contributed by atoms with E-state index >= 15 is 0 Å². The highest BCUT2D eigenvalue weighted by Gasteiger charge is 2.30. The average molecular weight is 448 g/mol. The summed E-state index contributed by atoms with van der Waals surface area (Å²) in [7, 11) is 0. The predicted molar refractivity (Wildman–Crippen MR) is 104 cm³/mol. The van der Waals surface area contributed by atoms with Crippen LogP contribution in [-0.2, 0) is 11.9 Å². The maximum atomic E-state index is 12.8. The Hall–Kier alpha value is -3.48. The Balaban J connectivity index is 1.54. The lowest BCUT2D eigenvalue weighted by Gasteiger charge is -2.10. The van der Waals surface area contributed by atoms with E-state index in [0.29, 0.717) is 34.7 Å². The molecule has 0 aliphatic rings. The van der Waals surface area contributed by atoms with Crippen molar-refractivity contribution in [2.45, 2.75) is 24.0 Å². The molecule has 2 aromatic carbocycles. The van der Waals surface area contributed by atoms with E-state index < -0.39 is 11.7 Å². The van der Waals surface area contributed by atoms with Gasteiger partial charge in [-0.15, -0.1) is 10.2 Å². The van der Waals surface area contributed by atoms with Gasteiger partial charge < -0.3 is 4.74 Å². The monoisotopic (exact) mass is 448 g/mol. The van der Waals surface area contributed by atoms with Crippen molar-refractivity contribution < 1.29 is 17.9 Å². The van der Waals surface area contributed by atoms with Gasteiger partial charge in [-0.3, -0.25) is 0 Å². The Morgan fingerprint density at radius 1 is 0.935 bits per heavy atom. The Bertz CT molecular complexity index is 1160. The fraction of sp³-hybridized carbons (Fsp3) is 0.222. The van der Waals surface area contributed by atoms with Gasteiger partial charge in [-0.2, -0.15) is 22.5 Å². The number of aromatic nitrogens is 8. The number of benzene rings is 2. The number of hydrogen-bond acceptors (Lipinski definition) is 8. The minimum Gasteiger partial charge on any atom is -0.492 e. The highest BCUT2D eigenvalue weighted by atomic mass is 32.2. The SMILES string of the molecule is CCOc1ccccc1-n1nnnc1SCc1nnnn1-c1ccc(C(F)(F)F)cc1. The molecule has 0 saturated heterocycles. The first-order valence-corrected chi connectivity index (χ1v) is 10.0. The van der Waals surface area contributed by atoms with Crippen LogP contribution < -0.4 is 4.74 Å². The number of nitrogens with zero attached hydrogens (tertiary/aromatic N) is 8. The number of ether oxygens (including phenoxy) is 1. The van der Waals surface area contributed by atoms with Crippen molar-refractivity contribution in [3.63, 3.8) is 0 Å². The van der Waals surface area contributed by atoms with Crippen molar-refractivity contribution in [1.29, 1.82) is 0 Å². The van der Waals surface area contributed by atoms with Crippen LogP contribution >= 0.6 is 11.8 Å². The summed E-state index contributed by atoms with van der Waals surface area (Å²) in [5, 5.41) is 23.8. The highest BCUT2D eigenvalue weighted by molar-refractivity contribution is 7.98. The zero-order valence-corrected chi connectivity index (χ0v) is 16.9. The lowest BCUT2D eigenvalue weighted by atomic mass is 10.2. The third-order valence-corrected chi connectivity index (χ3v) is 5.05. The van der Waals surface area contributed by atoms with Crippen LogP contribution in [-0.4, -0.2) is 47.0 Å². The van der Waals surface area contributed by atoms with Crippen molar-refractivity contribution >= 4 is 11.8 Å². The normalized spacial score (nSPS) is 11.6. The van der Waals surface area contributed by atoms with Crippen LogP contribution in [0.4, 0.5) is 13.2 Å². The first kappa shape index (κ1) is 20.8. The molecule has 0 saturated carbocycles. The Morgan fingerprint density at radius 2 is 1.65 bits per heavy atom. The quantitative estimate of drug-likeness (QED) is 0.397. The summed E-state index contributed by atoms with van der Waals surface area (Å²) in [5.74, 6) is 1.34. The van der Waals surface area contributed by atoms with Gasteiger partial charge in [0.1, 0.15) is 11.4 Å². The minimum absolute atomic E-state index is 0.283. The molecule has 2 aromatic heterocycles. The summed E-state index contributed by atoms with van der Waals surface area (Å²) >= 11 is 1.28. The summed E-state index contributed by atoms with van der Waals surface area (Å²) in [6.45, 7) is 2.37. The van der Waals surface area contributed by atoms with E-state index in [1.54, 1.807) is 4.68 Å². The van der Waals surface area contributed by atoms with Crippen LogP contribution in [0.5, 0.6) is 5.75 Å². The molecule has 2 heterocycles. The number of rotatable bonds is 7. The van der Waals surface area contributed by atoms with Gasteiger partial charge in [0, 0.05) is 0 Å². The van der Waals surface area contributed by atoms with Gasteiger partial charge in [-0.05, 0) is 64.2 Å². The number of tetrazole rings is 2. The van der Waals surface area contributed by atoms with E-state index in [-0.39, 0.29) is 5.75 Å². The first-order valence-electron chi connectivity index (χ1n) is 9.05. The van der Waals surface area contributed by atoms with Crippen molar-refractivity contribution in [3.05, 3.63) is 59.9 Å². The Labute approximate surface area is 178 Å². The van der Waals surface area contributed by atoms with Crippen molar-refractivity contribution in [3.8, 4) is 17.1 Å². The fourth-order valence-corrected chi connectivity index (χ4v) is 3.54. The second kappa shape index (κ2) is 8.71. The zero-order chi connectivity index (χ0) is 21.8. The molecule has 0 aliphatic heterocycles. The fourth-order valence-electron chi connectivity index (χ4n) is 2.75. The van der Waals surface area contributed by atoms with Crippen molar-refractivity contribution in [2.75, 3.05) is 6.61 Å². The smallest absolute Gasteiger partial charge is 0.416 e. The van der Waals surface area contributed by atoms with Gasteiger partial charge in [0.15, 0.2) is 5.82 Å². The maximum Gasteiger partial charge on any atom is 0.416 e. The van der Waals surface area contributed by atoms with Gasteiger partial charge in [0.05, 0.1) is 23.6 Å². The molecule has 0 radical (unpaired) electrons. The molecule has 0 spiro atoms. The molecule has 0 N–H and O–H groups in total. The third kappa shape index (κ3) is 4.50. The van der Waals surface area contributed by atoms with Gasteiger partial charge in [-0.25, -0.2) is 0 Å². The van der Waals surface area contributed by atoms with Crippen LogP contribution in [0, 0.1) is 0 Å². The number of alkyl halides is 3. The molecule has 160 valence electrons. The van der Waals surface area contributed by atoms with Crippen LogP contribution in [0.3, 0.4) is 0 Å². The third-order valence-electron chi connectivity index (χ3n) is 4.14. The number of halogens is 3. The van der Waals surface area contributed by atoms with Gasteiger partial charge in [0.2, 0.25) is 5.16 Å². The lowest BCUT2D eigenvalue weighted by Crippen LogP contribution is -2.07. The maximum absolute atomic E-state index is 12.8. The molecule has 4 rings (SSSR count). The van der Waals surface area contributed by atoms with E-state index in [1.807, 2.05) is 31.2 Å². The van der Waals surface area contributed by atoms with Crippen LogP contribution in [0.1, 0.15) is 18.3 Å². The number of hydrogen-bond donors (Lipinski definition) is 0. The van der Waals surface area contributed by atoms with Crippen molar-refractivity contribution in [2.24, 2.45) is 0 Å². The molecule has 31 heavy (non-hydrogen) atoms. The Kier molecular flexibility index (Phi) is 5.84. The second-order valence-corrected chi connectivity index (χ2v) is 7.06. The summed E-state index contributed by atoms with van der Waals surface area (Å²) in [4.78, 5) is 0. The summed E-state index contributed by atoms with van der Waals surface area (Å²) in [5.41, 5.74) is 0.349. The minimum atomic E-state index is -4.41. The van der Waals surface area contributed by atoms with E-state index in [1.165, 1.54) is 28.6 Å². The summed E-state index contributed by atoms with van der Waals surface area (Å²) in [6, 6.07) is 11.9. The topological polar surface area (TPSA) is 96.4 Å². The van der Waals surface area contributed by atoms with Gasteiger partial charge >= 0.3 is 6.18 Å². The first-order chi connectivity index (χ1) is 15.0. The van der Waals surface area contributed by atoms with Crippen LogP contribution in [0.15, 0.2) is 53.7 Å². The molecular weight excluding hydrogens is 433 g/mol. The van der Waals surface area contributed by atoms with E-state index in [4.69, 9.17) is 4.74 Å². The molecule has 0 unspecified atom stereocenters. The summed E-state index contributed by atoms with van der Waals surface area (Å²) in [6.07, 6.45) is -4.41. The molecule has 0 amide bonds. The molecule has 0 aliphatic carbocycles. The van der Waals surface area contributed by atoms with Crippen molar-refractivity contribution in [1.82, 2.24) is 40.4 Å². The standard InChI is InChI=1S/C18H15F3N8OS/c1-2-30-15-6-4-3-5-14(15)29-17(23-25-27-29)31-11-16-22-24-26-28(16)13-9-7-12(8-10-13)18(19,20)21/h3-10H,2,11H2,1H3. The summed E-state index contributed by atoms with van der Waals surface area (Å²) < 4.78 is 46.9. The zero-order valence-electron chi connectivity index (χ0n) is 16.1. The van der Waals surface area contributed by atoms with Crippen LogP contribution in [0.2, 0.25) is 0 Å².